The number of hydrogen-bond acceptors (Lipinski definition) is 3. The molecule has 0 heterocycles. The second-order valence-corrected chi connectivity index (χ2v) is 5.19. The second kappa shape index (κ2) is 10.7. The van der Waals surface area contributed by atoms with Crippen LogP contribution in [0.2, 0.25) is 0 Å². The number of benzene rings is 1. The van der Waals surface area contributed by atoms with Crippen LogP contribution in [-0.2, 0) is 4.79 Å². The van der Waals surface area contributed by atoms with E-state index in [1.807, 2.05) is 0 Å². The van der Waals surface area contributed by atoms with Crippen molar-refractivity contribution in [3.63, 3.8) is 0 Å². The van der Waals surface area contributed by atoms with Crippen LogP contribution < -0.4 is 10.1 Å². The van der Waals surface area contributed by atoms with E-state index in [0.29, 0.717) is 25.1 Å². The zero-order valence-electron chi connectivity index (χ0n) is 13.1. The number of amides is 1. The molecule has 5 heteroatoms. The van der Waals surface area contributed by atoms with Crippen LogP contribution in [0.4, 0.5) is 0 Å². The highest BCUT2D eigenvalue weighted by Gasteiger charge is 2.05. The van der Waals surface area contributed by atoms with E-state index in [9.17, 15) is 9.59 Å². The number of aliphatic carboxylic acids is 1. The predicted molar refractivity (Wildman–Crippen MR) is 85.3 cm³/mol. The molecule has 0 aliphatic heterocycles. The Bertz CT molecular complexity index is 456. The Labute approximate surface area is 131 Å². The standard InChI is InChI=1S/C17H25NO4/c1-2-3-13-22-15-10-8-14(9-11-15)17(21)18-12-6-4-5-7-16(19)20/h8-11H,2-7,12-13H2,1H3,(H,18,21)(H,19,20). The van der Waals surface area contributed by atoms with E-state index in [-0.39, 0.29) is 12.3 Å². The average Bonchev–Trinajstić information content (AvgIpc) is 2.51. The summed E-state index contributed by atoms with van der Waals surface area (Å²) in [5, 5.41) is 11.3. The molecule has 1 amide bonds. The fourth-order valence-corrected chi connectivity index (χ4v) is 1.92. The molecular formula is C17H25NO4. The monoisotopic (exact) mass is 307 g/mol. The lowest BCUT2D eigenvalue weighted by atomic mass is 10.2. The van der Waals surface area contributed by atoms with E-state index in [2.05, 4.69) is 12.2 Å². The number of carboxylic acid groups (broad SMARTS) is 1. The summed E-state index contributed by atoms with van der Waals surface area (Å²) in [4.78, 5) is 22.3. The van der Waals surface area contributed by atoms with Gasteiger partial charge in [0.25, 0.3) is 5.91 Å². The molecule has 0 bridgehead atoms. The Morgan fingerprint density at radius 2 is 1.82 bits per heavy atom. The molecule has 0 saturated heterocycles. The molecule has 122 valence electrons. The van der Waals surface area contributed by atoms with Crippen LogP contribution >= 0.6 is 0 Å². The van der Waals surface area contributed by atoms with Gasteiger partial charge in [-0.25, -0.2) is 0 Å². The zero-order valence-corrected chi connectivity index (χ0v) is 13.1. The second-order valence-electron chi connectivity index (χ2n) is 5.19. The Kier molecular flexibility index (Phi) is 8.72. The Balaban J connectivity index is 2.23. The van der Waals surface area contributed by atoms with Crippen molar-refractivity contribution in [2.45, 2.75) is 45.4 Å². The minimum atomic E-state index is -0.773. The summed E-state index contributed by atoms with van der Waals surface area (Å²) >= 11 is 0. The number of carboxylic acids is 1. The number of ether oxygens (including phenoxy) is 1. The molecule has 0 saturated carbocycles. The third-order valence-corrected chi connectivity index (χ3v) is 3.24. The topological polar surface area (TPSA) is 75.6 Å². The van der Waals surface area contributed by atoms with Crippen molar-refractivity contribution in [1.29, 1.82) is 0 Å². The van der Waals surface area contributed by atoms with Crippen LogP contribution in [0.3, 0.4) is 0 Å². The summed E-state index contributed by atoms with van der Waals surface area (Å²) in [6.07, 6.45) is 4.54. The average molecular weight is 307 g/mol. The number of carbonyl (C=O) groups is 2. The molecule has 0 aliphatic rings. The quantitative estimate of drug-likeness (QED) is 0.615. The molecule has 1 rings (SSSR count). The normalized spacial score (nSPS) is 10.2. The molecular weight excluding hydrogens is 282 g/mol. The molecule has 0 aromatic heterocycles. The molecule has 0 aliphatic carbocycles. The largest absolute Gasteiger partial charge is 0.494 e. The van der Waals surface area contributed by atoms with Crippen LogP contribution in [0.15, 0.2) is 24.3 Å². The fourth-order valence-electron chi connectivity index (χ4n) is 1.92. The van der Waals surface area contributed by atoms with E-state index in [1.54, 1.807) is 24.3 Å². The molecule has 0 fully saturated rings. The van der Waals surface area contributed by atoms with Crippen molar-refractivity contribution in [2.24, 2.45) is 0 Å². The van der Waals surface area contributed by atoms with Crippen molar-refractivity contribution in [3.05, 3.63) is 29.8 Å². The minimum absolute atomic E-state index is 0.113. The third-order valence-electron chi connectivity index (χ3n) is 3.24. The molecule has 1 aromatic rings. The molecule has 0 spiro atoms. The van der Waals surface area contributed by atoms with E-state index in [4.69, 9.17) is 9.84 Å². The van der Waals surface area contributed by atoms with Gasteiger partial charge in [0.1, 0.15) is 5.75 Å². The maximum atomic E-state index is 11.9. The predicted octanol–water partition coefficient (Wildman–Crippen LogP) is 3.24. The van der Waals surface area contributed by atoms with E-state index in [0.717, 1.165) is 31.4 Å². The lowest BCUT2D eigenvalue weighted by Crippen LogP contribution is -2.24. The summed E-state index contributed by atoms with van der Waals surface area (Å²) in [7, 11) is 0. The Morgan fingerprint density at radius 1 is 1.09 bits per heavy atom. The summed E-state index contributed by atoms with van der Waals surface area (Å²) in [6.45, 7) is 3.37. The molecule has 0 atom stereocenters. The lowest BCUT2D eigenvalue weighted by Gasteiger charge is -2.07. The highest BCUT2D eigenvalue weighted by atomic mass is 16.5. The maximum absolute atomic E-state index is 11.9. The summed E-state index contributed by atoms with van der Waals surface area (Å²) < 4.78 is 5.55. The number of hydrogen-bond donors (Lipinski definition) is 2. The van der Waals surface area contributed by atoms with Gasteiger partial charge in [0.05, 0.1) is 6.61 Å². The molecule has 2 N–H and O–H groups in total. The highest BCUT2D eigenvalue weighted by molar-refractivity contribution is 5.94. The van der Waals surface area contributed by atoms with Gasteiger partial charge in [-0.1, -0.05) is 19.8 Å². The van der Waals surface area contributed by atoms with Gasteiger partial charge in [-0.3, -0.25) is 9.59 Å². The first-order valence-electron chi connectivity index (χ1n) is 7.86. The van der Waals surface area contributed by atoms with Crippen molar-refractivity contribution >= 4 is 11.9 Å². The Hall–Kier alpha value is -2.04. The fraction of sp³-hybridized carbons (Fsp3) is 0.529. The molecule has 22 heavy (non-hydrogen) atoms. The first-order valence-corrected chi connectivity index (χ1v) is 7.86. The van der Waals surface area contributed by atoms with E-state index >= 15 is 0 Å². The maximum Gasteiger partial charge on any atom is 0.303 e. The van der Waals surface area contributed by atoms with Crippen LogP contribution in [0.5, 0.6) is 5.75 Å². The first kappa shape index (κ1) is 18.0. The highest BCUT2D eigenvalue weighted by Crippen LogP contribution is 2.12. The third kappa shape index (κ3) is 7.67. The van der Waals surface area contributed by atoms with Crippen molar-refractivity contribution < 1.29 is 19.4 Å². The first-order chi connectivity index (χ1) is 10.6. The van der Waals surface area contributed by atoms with Gasteiger partial charge < -0.3 is 15.2 Å². The van der Waals surface area contributed by atoms with Gasteiger partial charge in [-0.15, -0.1) is 0 Å². The molecule has 0 unspecified atom stereocenters. The molecule has 0 radical (unpaired) electrons. The van der Waals surface area contributed by atoms with Gasteiger partial charge in [-0.05, 0) is 43.5 Å². The Morgan fingerprint density at radius 3 is 2.45 bits per heavy atom. The van der Waals surface area contributed by atoms with Gasteiger partial charge in [0.2, 0.25) is 0 Å². The number of nitrogens with one attached hydrogen (secondary N) is 1. The van der Waals surface area contributed by atoms with Crippen molar-refractivity contribution in [1.82, 2.24) is 5.32 Å². The zero-order chi connectivity index (χ0) is 16.2. The summed E-state index contributed by atoms with van der Waals surface area (Å²) in [5.74, 6) is -0.109. The lowest BCUT2D eigenvalue weighted by molar-refractivity contribution is -0.137. The van der Waals surface area contributed by atoms with E-state index in [1.165, 1.54) is 0 Å². The van der Waals surface area contributed by atoms with Gasteiger partial charge in [0, 0.05) is 18.5 Å². The van der Waals surface area contributed by atoms with Crippen LogP contribution in [0.1, 0.15) is 55.8 Å². The van der Waals surface area contributed by atoms with Crippen molar-refractivity contribution in [3.8, 4) is 5.75 Å². The van der Waals surface area contributed by atoms with Crippen molar-refractivity contribution in [2.75, 3.05) is 13.2 Å². The number of carbonyl (C=O) groups excluding carboxylic acids is 1. The molecule has 5 nitrogen and oxygen atoms in total. The van der Waals surface area contributed by atoms with Gasteiger partial charge in [0.15, 0.2) is 0 Å². The van der Waals surface area contributed by atoms with Gasteiger partial charge >= 0.3 is 5.97 Å². The summed E-state index contributed by atoms with van der Waals surface area (Å²) in [5.41, 5.74) is 0.605. The van der Waals surface area contributed by atoms with E-state index < -0.39 is 5.97 Å². The minimum Gasteiger partial charge on any atom is -0.494 e. The van der Waals surface area contributed by atoms with Crippen LogP contribution in [0.25, 0.3) is 0 Å². The van der Waals surface area contributed by atoms with Gasteiger partial charge in [-0.2, -0.15) is 0 Å². The summed E-state index contributed by atoms with van der Waals surface area (Å²) in [6, 6.07) is 7.11. The van der Waals surface area contributed by atoms with Crippen LogP contribution in [-0.4, -0.2) is 30.1 Å². The molecule has 1 aromatic carbocycles. The SMILES string of the molecule is CCCCOc1ccc(C(=O)NCCCCCC(=O)O)cc1. The number of rotatable bonds is 11. The number of unbranched alkanes of at least 4 members (excludes halogenated alkanes) is 3. The smallest absolute Gasteiger partial charge is 0.303 e. The van der Waals surface area contributed by atoms with Crippen LogP contribution in [0, 0.1) is 0 Å².